The van der Waals surface area contributed by atoms with E-state index in [1.807, 2.05) is 36.4 Å². The Bertz CT molecular complexity index is 522. The Kier molecular flexibility index (Phi) is 1.68. The van der Waals surface area contributed by atoms with Crippen LogP contribution in [0.4, 0.5) is 0 Å². The zero-order chi connectivity index (χ0) is 10.5. The quantitative estimate of drug-likeness (QED) is 0.669. The van der Waals surface area contributed by atoms with Gasteiger partial charge in [0.1, 0.15) is 10.5 Å². The maximum absolute atomic E-state index is 12.1. The Morgan fingerprint density at radius 3 is 1.80 bits per heavy atom. The van der Waals surface area contributed by atoms with Gasteiger partial charge in [0.2, 0.25) is 0 Å². The maximum atomic E-state index is 12.1. The molecule has 0 radical (unpaired) electrons. The van der Waals surface area contributed by atoms with E-state index in [9.17, 15) is 8.42 Å². The van der Waals surface area contributed by atoms with Gasteiger partial charge in [-0.3, -0.25) is 0 Å². The Labute approximate surface area is 88.9 Å². The molecule has 2 aliphatic heterocycles. The molecule has 3 heteroatoms. The summed E-state index contributed by atoms with van der Waals surface area (Å²) in [5, 5.41) is -0.901. The average molecular weight is 218 g/mol. The Morgan fingerprint density at radius 2 is 1.33 bits per heavy atom. The zero-order valence-electron chi connectivity index (χ0n) is 8.00. The van der Waals surface area contributed by atoms with Gasteiger partial charge < -0.3 is 0 Å². The highest BCUT2D eigenvalue weighted by molar-refractivity contribution is 7.92. The third-order valence-electron chi connectivity index (χ3n) is 3.00. The Morgan fingerprint density at radius 1 is 0.867 bits per heavy atom. The first-order chi connectivity index (χ1) is 7.21. The zero-order valence-corrected chi connectivity index (χ0v) is 8.81. The Balaban J connectivity index is 2.38. The van der Waals surface area contributed by atoms with E-state index in [0.29, 0.717) is 0 Å². The first-order valence-corrected chi connectivity index (χ1v) is 6.49. The van der Waals surface area contributed by atoms with Crippen LogP contribution in [0.2, 0.25) is 0 Å². The lowest BCUT2D eigenvalue weighted by Crippen LogP contribution is -2.07. The summed E-state index contributed by atoms with van der Waals surface area (Å²) in [6.07, 6.45) is 7.16. The molecule has 0 spiro atoms. The summed E-state index contributed by atoms with van der Waals surface area (Å²) in [4.78, 5) is 0. The molecular weight excluding hydrogens is 208 g/mol. The first-order valence-electron chi connectivity index (χ1n) is 4.88. The van der Waals surface area contributed by atoms with Gasteiger partial charge in [-0.2, -0.15) is 0 Å². The van der Waals surface area contributed by atoms with Gasteiger partial charge in [-0.1, -0.05) is 48.6 Å². The predicted octanol–water partition coefficient (Wildman–Crippen LogP) is 2.32. The lowest BCUT2D eigenvalue weighted by atomic mass is 10.00. The number of benzene rings is 1. The Hall–Kier alpha value is -1.35. The molecule has 76 valence electrons. The smallest absolute Gasteiger partial charge is 0.171 e. The van der Waals surface area contributed by atoms with Gasteiger partial charge in [0, 0.05) is 0 Å². The fraction of sp³-hybridized carbons (Fsp3) is 0.167. The van der Waals surface area contributed by atoms with E-state index < -0.39 is 20.3 Å². The molecule has 0 N–H and O–H groups in total. The van der Waals surface area contributed by atoms with Crippen molar-refractivity contribution in [2.75, 3.05) is 0 Å². The molecule has 1 aromatic rings. The molecule has 0 fully saturated rings. The third-order valence-corrected chi connectivity index (χ3v) is 5.24. The minimum absolute atomic E-state index is 0.450. The van der Waals surface area contributed by atoms with Gasteiger partial charge in [0.25, 0.3) is 0 Å². The number of allylic oxidation sites excluding steroid dienone is 2. The van der Waals surface area contributed by atoms with Crippen LogP contribution in [0.1, 0.15) is 21.6 Å². The average Bonchev–Trinajstić information content (AvgIpc) is 2.29. The summed E-state index contributed by atoms with van der Waals surface area (Å²) >= 11 is 0. The van der Waals surface area contributed by atoms with Crippen molar-refractivity contribution in [1.29, 1.82) is 0 Å². The van der Waals surface area contributed by atoms with Crippen molar-refractivity contribution >= 4 is 9.84 Å². The van der Waals surface area contributed by atoms with Gasteiger partial charge in [-0.15, -0.1) is 0 Å². The topological polar surface area (TPSA) is 34.1 Å². The van der Waals surface area contributed by atoms with Gasteiger partial charge in [-0.25, -0.2) is 8.42 Å². The van der Waals surface area contributed by atoms with Crippen molar-refractivity contribution in [2.45, 2.75) is 10.5 Å². The lowest BCUT2D eigenvalue weighted by Gasteiger charge is -2.05. The molecule has 3 rings (SSSR count). The lowest BCUT2D eigenvalue weighted by molar-refractivity contribution is 0.590. The molecule has 2 atom stereocenters. The van der Waals surface area contributed by atoms with E-state index in [1.54, 1.807) is 12.2 Å². The fourth-order valence-electron chi connectivity index (χ4n) is 2.30. The number of sulfone groups is 1. The van der Waals surface area contributed by atoms with Crippen LogP contribution in [0.5, 0.6) is 0 Å². The van der Waals surface area contributed by atoms with Crippen molar-refractivity contribution < 1.29 is 8.42 Å². The molecule has 0 unspecified atom stereocenters. The minimum Gasteiger partial charge on any atom is -0.227 e. The second-order valence-electron chi connectivity index (χ2n) is 3.83. The SMILES string of the molecule is O=S1(=O)[C@@H]2C=CC=C[C@H]1c1ccccc12. The van der Waals surface area contributed by atoms with Gasteiger partial charge in [-0.05, 0) is 11.1 Å². The highest BCUT2D eigenvalue weighted by Crippen LogP contribution is 2.47. The van der Waals surface area contributed by atoms with E-state index >= 15 is 0 Å². The minimum atomic E-state index is -3.10. The van der Waals surface area contributed by atoms with Gasteiger partial charge in [0.15, 0.2) is 9.84 Å². The van der Waals surface area contributed by atoms with Crippen LogP contribution in [0.15, 0.2) is 48.6 Å². The highest BCUT2D eigenvalue weighted by Gasteiger charge is 2.42. The molecule has 0 aromatic heterocycles. The fourth-order valence-corrected chi connectivity index (χ4v) is 4.37. The van der Waals surface area contributed by atoms with Crippen LogP contribution in [-0.4, -0.2) is 8.42 Å². The van der Waals surface area contributed by atoms with Crippen molar-refractivity contribution in [3.05, 3.63) is 59.7 Å². The summed E-state index contributed by atoms with van der Waals surface area (Å²) in [5.74, 6) is 0. The summed E-state index contributed by atoms with van der Waals surface area (Å²) in [6, 6.07) is 7.59. The molecule has 2 heterocycles. The summed E-state index contributed by atoms with van der Waals surface area (Å²) in [5.41, 5.74) is 1.87. The van der Waals surface area contributed by atoms with Crippen molar-refractivity contribution in [2.24, 2.45) is 0 Å². The predicted molar refractivity (Wildman–Crippen MR) is 59.1 cm³/mol. The van der Waals surface area contributed by atoms with E-state index in [1.165, 1.54) is 0 Å². The number of fused-ring (bicyclic) bond motifs is 5. The van der Waals surface area contributed by atoms with Crippen LogP contribution in [0.25, 0.3) is 0 Å². The standard InChI is InChI=1S/C12H10O2S/c13-15(14)11-7-3-4-8-12(15)10-6-2-1-5-9(10)11/h1-8,11-12H/t11-,12+. The van der Waals surface area contributed by atoms with Crippen LogP contribution in [-0.2, 0) is 9.84 Å². The number of hydrogen-bond acceptors (Lipinski definition) is 2. The van der Waals surface area contributed by atoms with E-state index in [0.717, 1.165) is 11.1 Å². The summed E-state index contributed by atoms with van der Waals surface area (Å²) in [7, 11) is -3.10. The number of rotatable bonds is 0. The van der Waals surface area contributed by atoms with Gasteiger partial charge in [0.05, 0.1) is 0 Å². The maximum Gasteiger partial charge on any atom is 0.171 e. The molecule has 0 saturated heterocycles. The van der Waals surface area contributed by atoms with Crippen molar-refractivity contribution in [3.63, 3.8) is 0 Å². The van der Waals surface area contributed by atoms with E-state index in [4.69, 9.17) is 0 Å². The second kappa shape index (κ2) is 2.83. The molecular formula is C12H10O2S. The van der Waals surface area contributed by atoms with Crippen molar-refractivity contribution in [1.82, 2.24) is 0 Å². The van der Waals surface area contributed by atoms with Crippen molar-refractivity contribution in [3.8, 4) is 0 Å². The van der Waals surface area contributed by atoms with E-state index in [-0.39, 0.29) is 0 Å². The van der Waals surface area contributed by atoms with Crippen LogP contribution in [0.3, 0.4) is 0 Å². The van der Waals surface area contributed by atoms with Crippen LogP contribution >= 0.6 is 0 Å². The molecule has 0 aliphatic carbocycles. The summed E-state index contributed by atoms with van der Waals surface area (Å²) in [6.45, 7) is 0. The largest absolute Gasteiger partial charge is 0.227 e. The molecule has 2 bridgehead atoms. The molecule has 0 amide bonds. The molecule has 15 heavy (non-hydrogen) atoms. The normalized spacial score (nSPS) is 29.9. The monoisotopic (exact) mass is 218 g/mol. The highest BCUT2D eigenvalue weighted by atomic mass is 32.2. The second-order valence-corrected chi connectivity index (χ2v) is 6.02. The first kappa shape index (κ1) is 8.92. The van der Waals surface area contributed by atoms with Crippen LogP contribution in [0, 0.1) is 0 Å². The third kappa shape index (κ3) is 1.07. The number of hydrogen-bond donors (Lipinski definition) is 0. The molecule has 0 saturated carbocycles. The van der Waals surface area contributed by atoms with Gasteiger partial charge >= 0.3 is 0 Å². The molecule has 1 aromatic carbocycles. The molecule has 2 nitrogen and oxygen atoms in total. The molecule has 2 aliphatic rings. The van der Waals surface area contributed by atoms with Crippen LogP contribution < -0.4 is 0 Å². The summed E-state index contributed by atoms with van der Waals surface area (Å²) < 4.78 is 24.3. The van der Waals surface area contributed by atoms with E-state index in [2.05, 4.69) is 0 Å².